The summed E-state index contributed by atoms with van der Waals surface area (Å²) in [5.74, 6) is -0.602. The summed E-state index contributed by atoms with van der Waals surface area (Å²) >= 11 is 0. The summed E-state index contributed by atoms with van der Waals surface area (Å²) in [5, 5.41) is 20.6. The van der Waals surface area contributed by atoms with E-state index in [1.54, 1.807) is 30.3 Å². The van der Waals surface area contributed by atoms with E-state index in [1.807, 2.05) is 30.3 Å². The zero-order valence-corrected chi connectivity index (χ0v) is 15.1. The van der Waals surface area contributed by atoms with E-state index in [0.29, 0.717) is 12.2 Å². The quantitative estimate of drug-likeness (QED) is 0.722. The molecule has 148 valence electrons. The highest BCUT2D eigenvalue weighted by atomic mass is 16.8. The molecule has 2 heterocycles. The van der Waals surface area contributed by atoms with Crippen molar-refractivity contribution in [2.75, 3.05) is 6.61 Å². The van der Waals surface area contributed by atoms with Crippen molar-refractivity contribution in [2.45, 2.75) is 43.4 Å². The monoisotopic (exact) mass is 386 g/mol. The van der Waals surface area contributed by atoms with Crippen LogP contribution in [0.5, 0.6) is 0 Å². The molecule has 2 saturated heterocycles. The van der Waals surface area contributed by atoms with Gasteiger partial charge in [0.05, 0.1) is 18.8 Å². The SMILES string of the molecule is O=C(O[C@@H]1[C@H](O)[C@@H](O)[C@H]2O[C@@H]1[C@H](COCc1ccccc1)O2)c1ccccc1. The Morgan fingerprint density at radius 3 is 2.32 bits per heavy atom. The molecule has 6 atom stereocenters. The molecule has 2 N–H and O–H groups in total. The second-order valence-electron chi connectivity index (χ2n) is 6.86. The number of aliphatic hydroxyl groups excluding tert-OH is 2. The van der Waals surface area contributed by atoms with Crippen LogP contribution < -0.4 is 0 Å². The van der Waals surface area contributed by atoms with Crippen molar-refractivity contribution >= 4 is 5.97 Å². The minimum absolute atomic E-state index is 0.175. The number of aliphatic hydroxyl groups is 2. The fraction of sp³-hybridized carbons (Fsp3) is 0.381. The molecule has 28 heavy (non-hydrogen) atoms. The number of hydrogen-bond donors (Lipinski definition) is 2. The van der Waals surface area contributed by atoms with Gasteiger partial charge in [-0.25, -0.2) is 4.79 Å². The van der Waals surface area contributed by atoms with Crippen molar-refractivity contribution in [3.05, 3.63) is 71.8 Å². The van der Waals surface area contributed by atoms with Gasteiger partial charge in [0.1, 0.15) is 24.4 Å². The maximum atomic E-state index is 12.4. The average molecular weight is 386 g/mol. The van der Waals surface area contributed by atoms with Crippen LogP contribution in [0.4, 0.5) is 0 Å². The van der Waals surface area contributed by atoms with E-state index in [-0.39, 0.29) is 6.61 Å². The molecule has 0 unspecified atom stereocenters. The first kappa shape index (κ1) is 19.0. The minimum Gasteiger partial charge on any atom is -0.453 e. The number of carbonyl (C=O) groups excluding carboxylic acids is 1. The van der Waals surface area contributed by atoms with Gasteiger partial charge in [0.25, 0.3) is 0 Å². The molecule has 4 rings (SSSR count). The van der Waals surface area contributed by atoms with Crippen molar-refractivity contribution in [1.29, 1.82) is 0 Å². The lowest BCUT2D eigenvalue weighted by Crippen LogP contribution is -2.56. The molecule has 0 saturated carbocycles. The predicted octanol–water partition coefficient (Wildman–Crippen LogP) is 1.27. The maximum absolute atomic E-state index is 12.4. The van der Waals surface area contributed by atoms with E-state index in [2.05, 4.69) is 0 Å². The van der Waals surface area contributed by atoms with Gasteiger partial charge < -0.3 is 29.2 Å². The highest BCUT2D eigenvalue weighted by molar-refractivity contribution is 5.89. The lowest BCUT2D eigenvalue weighted by molar-refractivity contribution is -0.228. The van der Waals surface area contributed by atoms with E-state index in [4.69, 9.17) is 18.9 Å². The summed E-state index contributed by atoms with van der Waals surface area (Å²) in [5.41, 5.74) is 1.36. The average Bonchev–Trinajstić information content (AvgIpc) is 3.12. The van der Waals surface area contributed by atoms with Gasteiger partial charge in [-0.2, -0.15) is 0 Å². The summed E-state index contributed by atoms with van der Waals surface area (Å²) in [6, 6.07) is 18.1. The molecule has 0 radical (unpaired) electrons. The third-order valence-electron chi connectivity index (χ3n) is 4.90. The molecular weight excluding hydrogens is 364 g/mol. The summed E-state index contributed by atoms with van der Waals surface area (Å²) in [7, 11) is 0. The lowest BCUT2D eigenvalue weighted by Gasteiger charge is -2.35. The van der Waals surface area contributed by atoms with E-state index in [0.717, 1.165) is 5.56 Å². The minimum atomic E-state index is -1.32. The maximum Gasteiger partial charge on any atom is 0.338 e. The van der Waals surface area contributed by atoms with Crippen LogP contribution in [0.3, 0.4) is 0 Å². The van der Waals surface area contributed by atoms with Gasteiger partial charge >= 0.3 is 5.97 Å². The number of carbonyl (C=O) groups is 1. The first-order valence-electron chi connectivity index (χ1n) is 9.18. The van der Waals surface area contributed by atoms with Crippen LogP contribution in [0, 0.1) is 0 Å². The number of fused-ring (bicyclic) bond motifs is 2. The Kier molecular flexibility index (Phi) is 5.70. The Morgan fingerprint density at radius 2 is 1.61 bits per heavy atom. The van der Waals surface area contributed by atoms with E-state index in [1.165, 1.54) is 0 Å². The first-order valence-corrected chi connectivity index (χ1v) is 9.18. The number of esters is 1. The second-order valence-corrected chi connectivity index (χ2v) is 6.86. The molecule has 2 aliphatic heterocycles. The molecule has 7 nitrogen and oxygen atoms in total. The van der Waals surface area contributed by atoms with Gasteiger partial charge in [-0.05, 0) is 17.7 Å². The van der Waals surface area contributed by atoms with Gasteiger partial charge in [-0.1, -0.05) is 48.5 Å². The highest BCUT2D eigenvalue weighted by Crippen LogP contribution is 2.35. The zero-order valence-electron chi connectivity index (χ0n) is 15.1. The van der Waals surface area contributed by atoms with Crippen molar-refractivity contribution in [3.63, 3.8) is 0 Å². The zero-order chi connectivity index (χ0) is 19.5. The van der Waals surface area contributed by atoms with E-state index < -0.39 is 42.8 Å². The highest BCUT2D eigenvalue weighted by Gasteiger charge is 2.56. The van der Waals surface area contributed by atoms with Crippen molar-refractivity contribution in [1.82, 2.24) is 0 Å². The molecule has 2 fully saturated rings. The Bertz CT molecular complexity index is 782. The van der Waals surface area contributed by atoms with Crippen LogP contribution in [-0.4, -0.2) is 59.6 Å². The number of ether oxygens (including phenoxy) is 4. The Morgan fingerprint density at radius 1 is 0.929 bits per heavy atom. The number of rotatable bonds is 6. The molecule has 0 spiro atoms. The standard InChI is InChI=1S/C21H22O7/c22-16-17(23)21-26-15(12-25-11-13-7-3-1-4-8-13)18(28-21)19(16)27-20(24)14-9-5-2-6-10-14/h1-10,15-19,21-23H,11-12H2/t15-,16+,17+,18+,19+,21+/m0/s1. The topological polar surface area (TPSA) is 94.5 Å². The third kappa shape index (κ3) is 3.94. The largest absolute Gasteiger partial charge is 0.453 e. The molecule has 0 aliphatic carbocycles. The van der Waals surface area contributed by atoms with Crippen LogP contribution in [0.15, 0.2) is 60.7 Å². The van der Waals surface area contributed by atoms with Gasteiger partial charge in [0, 0.05) is 0 Å². The van der Waals surface area contributed by atoms with Crippen LogP contribution in [-0.2, 0) is 25.6 Å². The van der Waals surface area contributed by atoms with Crippen molar-refractivity contribution in [3.8, 4) is 0 Å². The fourth-order valence-corrected chi connectivity index (χ4v) is 3.43. The molecular formula is C21H22O7. The molecule has 2 bridgehead atoms. The fourth-order valence-electron chi connectivity index (χ4n) is 3.43. The van der Waals surface area contributed by atoms with Crippen LogP contribution in [0.25, 0.3) is 0 Å². The number of benzene rings is 2. The van der Waals surface area contributed by atoms with E-state index >= 15 is 0 Å². The second kappa shape index (κ2) is 8.38. The van der Waals surface area contributed by atoms with Crippen LogP contribution in [0.1, 0.15) is 15.9 Å². The predicted molar refractivity (Wildman–Crippen MR) is 97.3 cm³/mol. The Labute approximate surface area is 162 Å². The smallest absolute Gasteiger partial charge is 0.338 e. The van der Waals surface area contributed by atoms with Crippen molar-refractivity contribution in [2.24, 2.45) is 0 Å². The van der Waals surface area contributed by atoms with Crippen LogP contribution >= 0.6 is 0 Å². The molecule has 7 heteroatoms. The summed E-state index contributed by atoms with van der Waals surface area (Å²) in [4.78, 5) is 12.4. The molecule has 2 aromatic carbocycles. The molecule has 0 aromatic heterocycles. The van der Waals surface area contributed by atoms with Gasteiger partial charge in [-0.15, -0.1) is 0 Å². The molecule has 2 aromatic rings. The molecule has 0 amide bonds. The summed E-state index contributed by atoms with van der Waals surface area (Å²) < 4.78 is 22.5. The first-order chi connectivity index (χ1) is 13.6. The Hall–Kier alpha value is -2.29. The van der Waals surface area contributed by atoms with Gasteiger partial charge in [0.15, 0.2) is 12.4 Å². The van der Waals surface area contributed by atoms with Gasteiger partial charge in [-0.3, -0.25) is 0 Å². The number of hydrogen-bond acceptors (Lipinski definition) is 7. The molecule has 2 aliphatic rings. The van der Waals surface area contributed by atoms with Crippen molar-refractivity contribution < 1.29 is 34.0 Å². The summed E-state index contributed by atoms with van der Waals surface area (Å²) in [6.07, 6.45) is -5.97. The lowest BCUT2D eigenvalue weighted by atomic mass is 9.97. The Balaban J connectivity index is 1.41. The van der Waals surface area contributed by atoms with Gasteiger partial charge in [0.2, 0.25) is 0 Å². The third-order valence-corrected chi connectivity index (χ3v) is 4.90. The normalized spacial score (nSPS) is 31.5. The summed E-state index contributed by atoms with van der Waals surface area (Å²) in [6.45, 7) is 0.562. The van der Waals surface area contributed by atoms with E-state index in [9.17, 15) is 15.0 Å². The van der Waals surface area contributed by atoms with Crippen LogP contribution in [0.2, 0.25) is 0 Å².